The summed E-state index contributed by atoms with van der Waals surface area (Å²) in [5.74, 6) is 0.159. The molecule has 0 radical (unpaired) electrons. The Morgan fingerprint density at radius 1 is 1.69 bits per heavy atom. The van der Waals surface area contributed by atoms with Crippen LogP contribution < -0.4 is 0 Å². The van der Waals surface area contributed by atoms with Crippen LogP contribution in [-0.4, -0.2) is 43.3 Å². The zero-order chi connectivity index (χ0) is 11.5. The molecule has 0 aromatic carbocycles. The van der Waals surface area contributed by atoms with Gasteiger partial charge < -0.3 is 5.11 Å². The van der Waals surface area contributed by atoms with E-state index in [9.17, 15) is 4.79 Å². The van der Waals surface area contributed by atoms with Crippen molar-refractivity contribution in [1.29, 1.82) is 0 Å². The highest BCUT2D eigenvalue weighted by Gasteiger charge is 2.27. The molecule has 0 saturated carbocycles. The lowest BCUT2D eigenvalue weighted by Gasteiger charge is -2.22. The molecule has 0 spiro atoms. The van der Waals surface area contributed by atoms with Gasteiger partial charge in [0.05, 0.1) is 13.0 Å². The maximum atomic E-state index is 10.7. The normalized spacial score (nSPS) is 21.4. The molecule has 0 aliphatic carbocycles. The van der Waals surface area contributed by atoms with Gasteiger partial charge in [-0.1, -0.05) is 0 Å². The molecule has 1 saturated heterocycles. The lowest BCUT2D eigenvalue weighted by atomic mass is 10.1. The van der Waals surface area contributed by atoms with Crippen molar-refractivity contribution in [3.8, 4) is 0 Å². The summed E-state index contributed by atoms with van der Waals surface area (Å²) < 4.78 is 1.73. The summed E-state index contributed by atoms with van der Waals surface area (Å²) in [6.07, 6.45) is 3.77. The highest BCUT2D eigenvalue weighted by atomic mass is 16.4. The Bertz CT molecular complexity index is 377. The molecule has 2 rings (SSSR count). The first-order valence-electron chi connectivity index (χ1n) is 5.45. The summed E-state index contributed by atoms with van der Waals surface area (Å²) >= 11 is 0. The van der Waals surface area contributed by atoms with Crippen LogP contribution in [0.25, 0.3) is 0 Å². The van der Waals surface area contributed by atoms with E-state index in [1.807, 2.05) is 7.05 Å². The zero-order valence-corrected chi connectivity index (χ0v) is 9.33. The highest BCUT2D eigenvalue weighted by molar-refractivity contribution is 5.67. The fourth-order valence-electron chi connectivity index (χ4n) is 2.18. The van der Waals surface area contributed by atoms with Crippen LogP contribution in [0.5, 0.6) is 0 Å². The number of hydrogen-bond acceptors (Lipinski definition) is 4. The highest BCUT2D eigenvalue weighted by Crippen LogP contribution is 2.21. The molecule has 6 nitrogen and oxygen atoms in total. The molecule has 0 amide bonds. The lowest BCUT2D eigenvalue weighted by Crippen LogP contribution is -2.31. The van der Waals surface area contributed by atoms with Gasteiger partial charge in [0.25, 0.3) is 0 Å². The molecule has 1 fully saturated rings. The number of carbonyl (C=O) groups is 1. The molecule has 6 heteroatoms. The van der Waals surface area contributed by atoms with Crippen LogP contribution in [0.2, 0.25) is 0 Å². The number of aromatic nitrogens is 3. The average Bonchev–Trinajstić information content (AvgIpc) is 2.78. The maximum Gasteiger partial charge on any atom is 0.304 e. The van der Waals surface area contributed by atoms with Crippen molar-refractivity contribution >= 4 is 5.97 Å². The third-order valence-electron chi connectivity index (χ3n) is 3.06. The Labute approximate surface area is 93.9 Å². The summed E-state index contributed by atoms with van der Waals surface area (Å²) in [6.45, 7) is 1.64. The van der Waals surface area contributed by atoms with E-state index >= 15 is 0 Å². The molecule has 1 atom stereocenters. The molecule has 2 heterocycles. The second-order valence-corrected chi connectivity index (χ2v) is 4.16. The minimum atomic E-state index is -0.727. The summed E-state index contributed by atoms with van der Waals surface area (Å²) in [6, 6.07) is 0.147. The van der Waals surface area contributed by atoms with Gasteiger partial charge >= 0.3 is 5.97 Å². The predicted octanol–water partition coefficient (Wildman–Crippen LogP) is 0.254. The molecule has 1 aromatic rings. The van der Waals surface area contributed by atoms with Gasteiger partial charge in [0, 0.05) is 13.1 Å². The van der Waals surface area contributed by atoms with Crippen molar-refractivity contribution in [2.75, 3.05) is 6.54 Å². The molecule has 16 heavy (non-hydrogen) atoms. The second-order valence-electron chi connectivity index (χ2n) is 4.16. The van der Waals surface area contributed by atoms with Crippen LogP contribution in [0.1, 0.15) is 25.1 Å². The fraction of sp³-hybridized carbons (Fsp3) is 0.700. The van der Waals surface area contributed by atoms with Crippen LogP contribution in [0.3, 0.4) is 0 Å². The number of carboxylic acid groups (broad SMARTS) is 1. The summed E-state index contributed by atoms with van der Waals surface area (Å²) in [4.78, 5) is 17.0. The first-order chi connectivity index (χ1) is 7.66. The third-order valence-corrected chi connectivity index (χ3v) is 3.06. The first-order valence-corrected chi connectivity index (χ1v) is 5.45. The summed E-state index contributed by atoms with van der Waals surface area (Å²) in [5, 5.41) is 12.8. The molecule has 1 unspecified atom stereocenters. The Morgan fingerprint density at radius 2 is 2.50 bits per heavy atom. The Morgan fingerprint density at radius 3 is 3.12 bits per heavy atom. The van der Waals surface area contributed by atoms with Crippen LogP contribution >= 0.6 is 0 Å². The number of carboxylic acids is 1. The van der Waals surface area contributed by atoms with E-state index in [0.29, 0.717) is 6.54 Å². The molecule has 88 valence electrons. The lowest BCUT2D eigenvalue weighted by molar-refractivity contribution is -0.138. The predicted molar refractivity (Wildman–Crippen MR) is 56.7 cm³/mol. The average molecular weight is 224 g/mol. The van der Waals surface area contributed by atoms with Crippen LogP contribution in [-0.2, 0) is 18.4 Å². The molecule has 0 bridgehead atoms. The standard InChI is InChI=1S/C10H16N4O2/c1-13-9(11-7-12-13)6-14-4-2-3-8(14)5-10(15)16/h7-8H,2-6H2,1H3,(H,15,16). The van der Waals surface area contributed by atoms with E-state index in [1.165, 1.54) is 6.33 Å². The van der Waals surface area contributed by atoms with Gasteiger partial charge in [-0.15, -0.1) is 0 Å². The smallest absolute Gasteiger partial charge is 0.304 e. The Kier molecular flexibility index (Phi) is 3.19. The van der Waals surface area contributed by atoms with Crippen molar-refractivity contribution < 1.29 is 9.90 Å². The van der Waals surface area contributed by atoms with Gasteiger partial charge in [0.1, 0.15) is 12.2 Å². The molecule has 1 aromatic heterocycles. The number of rotatable bonds is 4. The molecule has 1 aliphatic rings. The molecule has 1 N–H and O–H groups in total. The van der Waals surface area contributed by atoms with E-state index in [-0.39, 0.29) is 12.5 Å². The number of aliphatic carboxylic acids is 1. The van der Waals surface area contributed by atoms with Crippen molar-refractivity contribution in [3.63, 3.8) is 0 Å². The second kappa shape index (κ2) is 4.61. The zero-order valence-electron chi connectivity index (χ0n) is 9.33. The van der Waals surface area contributed by atoms with E-state index in [2.05, 4.69) is 15.0 Å². The monoisotopic (exact) mass is 224 g/mol. The van der Waals surface area contributed by atoms with Gasteiger partial charge in [-0.05, 0) is 19.4 Å². The summed E-state index contributed by atoms with van der Waals surface area (Å²) in [5.41, 5.74) is 0. The quantitative estimate of drug-likeness (QED) is 0.794. The van der Waals surface area contributed by atoms with Crippen molar-refractivity contribution in [2.45, 2.75) is 31.8 Å². The van der Waals surface area contributed by atoms with Crippen LogP contribution in [0.4, 0.5) is 0 Å². The van der Waals surface area contributed by atoms with E-state index < -0.39 is 5.97 Å². The van der Waals surface area contributed by atoms with Gasteiger partial charge in [-0.25, -0.2) is 4.98 Å². The minimum absolute atomic E-state index is 0.147. The number of hydrogen-bond donors (Lipinski definition) is 1. The topological polar surface area (TPSA) is 71.2 Å². The number of aryl methyl sites for hydroxylation is 1. The number of nitrogens with zero attached hydrogens (tertiary/aromatic N) is 4. The van der Waals surface area contributed by atoms with Gasteiger partial charge in [0.2, 0.25) is 0 Å². The Balaban J connectivity index is 1.98. The van der Waals surface area contributed by atoms with Crippen molar-refractivity contribution in [1.82, 2.24) is 19.7 Å². The van der Waals surface area contributed by atoms with Crippen LogP contribution in [0.15, 0.2) is 6.33 Å². The first kappa shape index (κ1) is 11.1. The minimum Gasteiger partial charge on any atom is -0.481 e. The number of likely N-dealkylation sites (tertiary alicyclic amines) is 1. The third kappa shape index (κ3) is 2.38. The van der Waals surface area contributed by atoms with E-state index in [1.54, 1.807) is 4.68 Å². The molecular weight excluding hydrogens is 208 g/mol. The molecule has 1 aliphatic heterocycles. The van der Waals surface area contributed by atoms with E-state index in [4.69, 9.17) is 5.11 Å². The van der Waals surface area contributed by atoms with Crippen molar-refractivity contribution in [2.24, 2.45) is 7.05 Å². The van der Waals surface area contributed by atoms with Crippen LogP contribution in [0, 0.1) is 0 Å². The van der Waals surface area contributed by atoms with E-state index in [0.717, 1.165) is 25.2 Å². The van der Waals surface area contributed by atoms with Gasteiger partial charge in [0.15, 0.2) is 0 Å². The molecular formula is C10H16N4O2. The van der Waals surface area contributed by atoms with Gasteiger partial charge in [-0.2, -0.15) is 5.10 Å². The fourth-order valence-corrected chi connectivity index (χ4v) is 2.18. The van der Waals surface area contributed by atoms with Crippen molar-refractivity contribution in [3.05, 3.63) is 12.2 Å². The maximum absolute atomic E-state index is 10.7. The summed E-state index contributed by atoms with van der Waals surface area (Å²) in [7, 11) is 1.85. The largest absolute Gasteiger partial charge is 0.481 e. The SMILES string of the molecule is Cn1ncnc1CN1CCCC1CC(=O)O. The van der Waals surface area contributed by atoms with Gasteiger partial charge in [-0.3, -0.25) is 14.4 Å². The Hall–Kier alpha value is -1.43.